The summed E-state index contributed by atoms with van der Waals surface area (Å²) in [5.41, 5.74) is 3.06. The number of allylic oxidation sites excluding steroid dienone is 2. The largest absolute Gasteiger partial charge is 0.0827 e. The van der Waals surface area contributed by atoms with E-state index in [0.717, 1.165) is 0 Å². The third-order valence-electron chi connectivity index (χ3n) is 3.59. The lowest BCUT2D eigenvalue weighted by Crippen LogP contribution is -2.17. The molecule has 2 heteroatoms. The Balaban J connectivity index is 2.32. The summed E-state index contributed by atoms with van der Waals surface area (Å²) in [5, 5.41) is 1.29. The van der Waals surface area contributed by atoms with E-state index >= 15 is 0 Å². The van der Waals surface area contributed by atoms with Crippen LogP contribution in [-0.2, 0) is 0 Å². The molecule has 0 spiro atoms. The number of hydrogen-bond donors (Lipinski definition) is 0. The minimum absolute atomic E-state index is 0.330. The first-order valence-corrected chi connectivity index (χ1v) is 6.79. The Hall–Kier alpha value is -0.460. The van der Waals surface area contributed by atoms with Crippen LogP contribution in [0.4, 0.5) is 0 Å². The smallest absolute Gasteiger partial charge is 0.0595 e. The summed E-state index contributed by atoms with van der Waals surface area (Å²) in [5.74, 6) is 0.498. The molecule has 0 aromatic heterocycles. The maximum Gasteiger partial charge on any atom is 0.0595 e. The van der Waals surface area contributed by atoms with Crippen molar-refractivity contribution in [3.8, 4) is 0 Å². The van der Waals surface area contributed by atoms with Crippen molar-refractivity contribution in [3.63, 3.8) is 0 Å². The fourth-order valence-electron chi connectivity index (χ4n) is 2.69. The van der Waals surface area contributed by atoms with Gasteiger partial charge in [-0.05, 0) is 42.9 Å². The molecule has 0 aliphatic heterocycles. The summed E-state index contributed by atoms with van der Waals surface area (Å²) >= 11 is 12.0. The van der Waals surface area contributed by atoms with Crippen LogP contribution in [0.25, 0.3) is 0 Å². The molecule has 1 aromatic rings. The van der Waals surface area contributed by atoms with Gasteiger partial charge in [-0.3, -0.25) is 0 Å². The molecule has 0 heterocycles. The normalized spacial score (nSPS) is 23.4. The zero-order valence-corrected chi connectivity index (χ0v) is 12.1. The van der Waals surface area contributed by atoms with Crippen LogP contribution in [0.3, 0.4) is 0 Å². The van der Waals surface area contributed by atoms with Gasteiger partial charge in [-0.15, -0.1) is 0 Å². The van der Waals surface area contributed by atoms with Gasteiger partial charge in [-0.25, -0.2) is 0 Å². The van der Waals surface area contributed by atoms with Crippen LogP contribution in [0.1, 0.15) is 45.1 Å². The molecule has 0 amide bonds. The highest BCUT2D eigenvalue weighted by Gasteiger charge is 2.26. The van der Waals surface area contributed by atoms with Crippen LogP contribution >= 0.6 is 23.2 Å². The minimum Gasteiger partial charge on any atom is -0.0827 e. The third kappa shape index (κ3) is 2.86. The van der Waals surface area contributed by atoms with Gasteiger partial charge in [0.05, 0.1) is 10.0 Å². The first-order valence-electron chi connectivity index (χ1n) is 6.03. The van der Waals surface area contributed by atoms with Gasteiger partial charge in [-0.2, -0.15) is 0 Å². The quantitative estimate of drug-likeness (QED) is 0.561. The summed E-state index contributed by atoms with van der Waals surface area (Å²) in [6, 6.07) is 5.99. The summed E-state index contributed by atoms with van der Waals surface area (Å²) < 4.78 is 0. The van der Waals surface area contributed by atoms with E-state index in [1.54, 1.807) is 0 Å². The molecule has 1 unspecified atom stereocenters. The van der Waals surface area contributed by atoms with E-state index in [0.29, 0.717) is 21.4 Å². The fraction of sp³-hybridized carbons (Fsp3) is 0.467. The zero-order valence-electron chi connectivity index (χ0n) is 10.6. The predicted molar refractivity (Wildman–Crippen MR) is 76.0 cm³/mol. The Bertz CT molecular complexity index is 458. The van der Waals surface area contributed by atoms with Crippen LogP contribution in [0.15, 0.2) is 29.8 Å². The molecule has 0 N–H and O–H groups in total. The Labute approximate surface area is 114 Å². The summed E-state index contributed by atoms with van der Waals surface area (Å²) in [7, 11) is 0. The molecular weight excluding hydrogens is 251 g/mol. The lowest BCUT2D eigenvalue weighted by Gasteiger charge is -2.32. The maximum absolute atomic E-state index is 6.09. The van der Waals surface area contributed by atoms with Crippen molar-refractivity contribution in [2.24, 2.45) is 5.41 Å². The van der Waals surface area contributed by atoms with Gasteiger partial charge < -0.3 is 0 Å². The van der Waals surface area contributed by atoms with E-state index in [1.165, 1.54) is 24.0 Å². The Morgan fingerprint density at radius 2 is 1.88 bits per heavy atom. The van der Waals surface area contributed by atoms with Crippen LogP contribution in [-0.4, -0.2) is 0 Å². The number of halogens is 2. The molecule has 1 atom stereocenters. The molecule has 1 aliphatic carbocycles. The monoisotopic (exact) mass is 268 g/mol. The molecule has 0 radical (unpaired) electrons. The molecule has 0 saturated heterocycles. The predicted octanol–water partition coefficient (Wildman–Crippen LogP) is 5.84. The van der Waals surface area contributed by atoms with Gasteiger partial charge >= 0.3 is 0 Å². The van der Waals surface area contributed by atoms with E-state index in [2.05, 4.69) is 32.9 Å². The van der Waals surface area contributed by atoms with Crippen molar-refractivity contribution in [1.29, 1.82) is 0 Å². The first kappa shape index (κ1) is 13.0. The lowest BCUT2D eigenvalue weighted by atomic mass is 9.73. The Morgan fingerprint density at radius 3 is 2.47 bits per heavy atom. The van der Waals surface area contributed by atoms with Crippen molar-refractivity contribution in [1.82, 2.24) is 0 Å². The van der Waals surface area contributed by atoms with Gasteiger partial charge in [0, 0.05) is 5.92 Å². The van der Waals surface area contributed by atoms with Crippen molar-refractivity contribution in [2.75, 3.05) is 0 Å². The first-order chi connectivity index (χ1) is 7.89. The highest BCUT2D eigenvalue weighted by molar-refractivity contribution is 6.42. The van der Waals surface area contributed by atoms with E-state index < -0.39 is 0 Å². The molecule has 2 rings (SSSR count). The van der Waals surface area contributed by atoms with E-state index in [9.17, 15) is 0 Å². The number of benzene rings is 1. The molecule has 0 bridgehead atoms. The molecule has 0 saturated carbocycles. The van der Waals surface area contributed by atoms with Crippen LogP contribution in [0.5, 0.6) is 0 Å². The average molecular weight is 269 g/mol. The summed E-state index contributed by atoms with van der Waals surface area (Å²) in [6.07, 6.45) is 4.80. The fourth-order valence-corrected chi connectivity index (χ4v) is 3.00. The van der Waals surface area contributed by atoms with Crippen molar-refractivity contribution >= 4 is 23.2 Å². The Kier molecular flexibility index (Phi) is 3.56. The second-order valence-corrected chi connectivity index (χ2v) is 6.46. The minimum atomic E-state index is 0.330. The molecule has 0 fully saturated rings. The van der Waals surface area contributed by atoms with Crippen LogP contribution in [0, 0.1) is 5.41 Å². The average Bonchev–Trinajstić information content (AvgIpc) is 2.21. The van der Waals surface area contributed by atoms with Crippen LogP contribution in [0.2, 0.25) is 10.0 Å². The number of rotatable bonds is 1. The Morgan fingerprint density at radius 1 is 1.18 bits per heavy atom. The van der Waals surface area contributed by atoms with Crippen molar-refractivity contribution in [3.05, 3.63) is 45.5 Å². The standard InChI is InChI=1S/C15H18Cl2/c1-10-9-15(2,3)7-6-12(10)11-4-5-13(16)14(17)8-11/h4-5,8-9,12H,6-7H2,1-3H3. The van der Waals surface area contributed by atoms with Crippen LogP contribution < -0.4 is 0 Å². The maximum atomic E-state index is 6.09. The van der Waals surface area contributed by atoms with E-state index in [1.807, 2.05) is 12.1 Å². The van der Waals surface area contributed by atoms with Gasteiger partial charge in [0.1, 0.15) is 0 Å². The van der Waals surface area contributed by atoms with E-state index in [4.69, 9.17) is 23.2 Å². The second-order valence-electron chi connectivity index (χ2n) is 5.64. The molecule has 1 aromatic carbocycles. The zero-order chi connectivity index (χ0) is 12.6. The lowest BCUT2D eigenvalue weighted by molar-refractivity contribution is 0.379. The van der Waals surface area contributed by atoms with E-state index in [-0.39, 0.29) is 0 Å². The topological polar surface area (TPSA) is 0 Å². The van der Waals surface area contributed by atoms with Gasteiger partial charge in [0.25, 0.3) is 0 Å². The molecule has 17 heavy (non-hydrogen) atoms. The summed E-state index contributed by atoms with van der Waals surface area (Å²) in [4.78, 5) is 0. The highest BCUT2D eigenvalue weighted by Crippen LogP contribution is 2.42. The third-order valence-corrected chi connectivity index (χ3v) is 4.33. The summed E-state index contributed by atoms with van der Waals surface area (Å²) in [6.45, 7) is 6.80. The molecule has 0 nitrogen and oxygen atoms in total. The van der Waals surface area contributed by atoms with Gasteiger partial charge in [0.2, 0.25) is 0 Å². The molecule has 92 valence electrons. The van der Waals surface area contributed by atoms with Crippen molar-refractivity contribution < 1.29 is 0 Å². The SMILES string of the molecule is CC1=CC(C)(C)CCC1c1ccc(Cl)c(Cl)c1. The highest BCUT2D eigenvalue weighted by atomic mass is 35.5. The second kappa shape index (κ2) is 4.66. The van der Waals surface area contributed by atoms with Gasteiger partial charge in [-0.1, -0.05) is 54.8 Å². The molecule has 1 aliphatic rings. The van der Waals surface area contributed by atoms with Crippen molar-refractivity contribution in [2.45, 2.75) is 39.5 Å². The molecular formula is C15H18Cl2. The van der Waals surface area contributed by atoms with Gasteiger partial charge in [0.15, 0.2) is 0 Å². The number of hydrogen-bond acceptors (Lipinski definition) is 0.